The molecule has 5 nitrogen and oxygen atoms in total. The van der Waals surface area contributed by atoms with Gasteiger partial charge in [-0.15, -0.1) is 0 Å². The minimum absolute atomic E-state index is 0.0348. The Morgan fingerprint density at radius 2 is 1.63 bits per heavy atom. The molecule has 144 valence electrons. The van der Waals surface area contributed by atoms with Gasteiger partial charge < -0.3 is 16.2 Å². The maximum Gasteiger partial charge on any atom is 0.416 e. The molecule has 2 atom stereocenters. The van der Waals surface area contributed by atoms with Gasteiger partial charge in [-0.2, -0.15) is 13.2 Å². The number of halogens is 4. The van der Waals surface area contributed by atoms with E-state index in [4.69, 9.17) is 5.73 Å². The number of carbonyl (C=O) groups is 2. The topological polar surface area (TPSA) is 92.4 Å². The summed E-state index contributed by atoms with van der Waals surface area (Å²) in [6.45, 7) is 0. The van der Waals surface area contributed by atoms with Crippen molar-refractivity contribution in [1.82, 2.24) is 5.32 Å². The molecule has 0 aliphatic rings. The van der Waals surface area contributed by atoms with E-state index in [9.17, 15) is 27.9 Å². The quantitative estimate of drug-likeness (QED) is 0.639. The minimum Gasteiger partial charge on any atom is -0.378 e. The van der Waals surface area contributed by atoms with Crippen LogP contribution in [0.3, 0.4) is 0 Å². The standard InChI is InChI=1S/C18H16BrF3N2O3/c19-13-7-1-10(2-8-13)9-14(16(23)26)24-17(27)15(25)11-3-5-12(6-4-11)18(20,21)22/h1-8,14-15,25H,9H2,(H2,23,26)(H,24,27)/t14-,15-/m0/s1. The van der Waals surface area contributed by atoms with Gasteiger partial charge in [-0.25, -0.2) is 0 Å². The Balaban J connectivity index is 2.07. The van der Waals surface area contributed by atoms with Gasteiger partial charge >= 0.3 is 6.18 Å². The van der Waals surface area contributed by atoms with Gasteiger partial charge in [0.1, 0.15) is 6.04 Å². The smallest absolute Gasteiger partial charge is 0.378 e. The summed E-state index contributed by atoms with van der Waals surface area (Å²) in [5, 5.41) is 12.4. The second kappa shape index (κ2) is 8.53. The van der Waals surface area contributed by atoms with Crippen LogP contribution in [0.5, 0.6) is 0 Å². The highest BCUT2D eigenvalue weighted by atomic mass is 79.9. The van der Waals surface area contributed by atoms with Crippen molar-refractivity contribution < 1.29 is 27.9 Å². The Kier molecular flexibility index (Phi) is 6.61. The zero-order valence-corrected chi connectivity index (χ0v) is 15.4. The largest absolute Gasteiger partial charge is 0.416 e. The fourth-order valence-corrected chi connectivity index (χ4v) is 2.60. The van der Waals surface area contributed by atoms with Crippen molar-refractivity contribution in [3.8, 4) is 0 Å². The van der Waals surface area contributed by atoms with Crippen molar-refractivity contribution in [2.24, 2.45) is 5.73 Å². The molecule has 2 amide bonds. The maximum atomic E-state index is 12.6. The zero-order valence-electron chi connectivity index (χ0n) is 13.8. The summed E-state index contributed by atoms with van der Waals surface area (Å²) in [5.74, 6) is -1.73. The number of aliphatic hydroxyl groups is 1. The van der Waals surface area contributed by atoms with Gasteiger partial charge in [0.25, 0.3) is 5.91 Å². The number of rotatable bonds is 6. The van der Waals surface area contributed by atoms with Crippen LogP contribution in [-0.2, 0) is 22.2 Å². The normalized spacial score (nSPS) is 13.7. The van der Waals surface area contributed by atoms with Crippen molar-refractivity contribution in [3.05, 3.63) is 69.7 Å². The van der Waals surface area contributed by atoms with E-state index in [0.717, 1.165) is 34.3 Å². The predicted octanol–water partition coefficient (Wildman–Crippen LogP) is 2.71. The molecule has 27 heavy (non-hydrogen) atoms. The van der Waals surface area contributed by atoms with Crippen LogP contribution in [0.25, 0.3) is 0 Å². The summed E-state index contributed by atoms with van der Waals surface area (Å²) in [6.07, 6.45) is -6.15. The van der Waals surface area contributed by atoms with Crippen LogP contribution in [-0.4, -0.2) is 23.0 Å². The fourth-order valence-electron chi connectivity index (χ4n) is 2.34. The highest BCUT2D eigenvalue weighted by Gasteiger charge is 2.31. The van der Waals surface area contributed by atoms with Crippen LogP contribution < -0.4 is 11.1 Å². The summed E-state index contributed by atoms with van der Waals surface area (Å²) in [6, 6.07) is 9.43. The lowest BCUT2D eigenvalue weighted by atomic mass is 10.0. The summed E-state index contributed by atoms with van der Waals surface area (Å²) in [7, 11) is 0. The Labute approximate surface area is 161 Å². The molecule has 9 heteroatoms. The van der Waals surface area contributed by atoms with Crippen molar-refractivity contribution in [1.29, 1.82) is 0 Å². The van der Waals surface area contributed by atoms with Gasteiger partial charge in [-0.05, 0) is 35.4 Å². The highest BCUT2D eigenvalue weighted by Crippen LogP contribution is 2.30. The first-order chi connectivity index (χ1) is 12.6. The van der Waals surface area contributed by atoms with Gasteiger partial charge in [0, 0.05) is 10.9 Å². The Morgan fingerprint density at radius 1 is 1.07 bits per heavy atom. The van der Waals surface area contributed by atoms with Gasteiger partial charge in [0.05, 0.1) is 5.56 Å². The van der Waals surface area contributed by atoms with Crippen LogP contribution >= 0.6 is 15.9 Å². The molecule has 0 bridgehead atoms. The van der Waals surface area contributed by atoms with Crippen molar-refractivity contribution >= 4 is 27.7 Å². The Morgan fingerprint density at radius 3 is 2.11 bits per heavy atom. The molecule has 0 fully saturated rings. The van der Waals surface area contributed by atoms with E-state index in [0.29, 0.717) is 0 Å². The molecule has 0 saturated carbocycles. The monoisotopic (exact) mass is 444 g/mol. The molecular weight excluding hydrogens is 429 g/mol. The first-order valence-corrected chi connectivity index (χ1v) is 8.56. The summed E-state index contributed by atoms with van der Waals surface area (Å²) >= 11 is 3.28. The van der Waals surface area contributed by atoms with Gasteiger partial charge in [-0.3, -0.25) is 9.59 Å². The van der Waals surface area contributed by atoms with Crippen LogP contribution in [0.1, 0.15) is 22.8 Å². The summed E-state index contributed by atoms with van der Waals surface area (Å²) in [5.41, 5.74) is 5.09. The first kappa shape index (κ1) is 20.9. The van der Waals surface area contributed by atoms with Gasteiger partial charge in [0.2, 0.25) is 5.91 Å². The van der Waals surface area contributed by atoms with Crippen LogP contribution in [0.15, 0.2) is 53.0 Å². The minimum atomic E-state index is -4.52. The molecule has 0 aliphatic carbocycles. The molecular formula is C18H16BrF3N2O3. The van der Waals surface area contributed by atoms with E-state index in [-0.39, 0.29) is 12.0 Å². The Hall–Kier alpha value is -2.39. The number of amides is 2. The van der Waals surface area contributed by atoms with Crippen molar-refractivity contribution in [3.63, 3.8) is 0 Å². The molecule has 0 spiro atoms. The number of benzene rings is 2. The van der Waals surface area contributed by atoms with Crippen LogP contribution in [0.2, 0.25) is 0 Å². The lowest BCUT2D eigenvalue weighted by Crippen LogP contribution is -2.47. The number of hydrogen-bond donors (Lipinski definition) is 3. The molecule has 0 aliphatic heterocycles. The molecule has 0 unspecified atom stereocenters. The molecule has 0 aromatic heterocycles. The van der Waals surface area contributed by atoms with Gasteiger partial charge in [-0.1, -0.05) is 40.2 Å². The zero-order chi connectivity index (χ0) is 20.2. The Bertz CT molecular complexity index is 808. The number of alkyl halides is 3. The number of hydrogen-bond acceptors (Lipinski definition) is 3. The second-order valence-corrected chi connectivity index (χ2v) is 6.73. The van der Waals surface area contributed by atoms with Crippen molar-refractivity contribution in [2.75, 3.05) is 0 Å². The summed E-state index contributed by atoms with van der Waals surface area (Å²) < 4.78 is 38.6. The van der Waals surface area contributed by atoms with Crippen molar-refractivity contribution in [2.45, 2.75) is 24.7 Å². The van der Waals surface area contributed by atoms with E-state index in [1.807, 2.05) is 0 Å². The van der Waals surface area contributed by atoms with Crippen LogP contribution in [0, 0.1) is 0 Å². The average molecular weight is 445 g/mol. The molecule has 2 aromatic rings. The number of aliphatic hydroxyl groups excluding tert-OH is 1. The first-order valence-electron chi connectivity index (χ1n) is 7.77. The second-order valence-electron chi connectivity index (χ2n) is 5.82. The number of nitrogens with two attached hydrogens (primary N) is 1. The maximum absolute atomic E-state index is 12.6. The molecule has 0 radical (unpaired) electrons. The summed E-state index contributed by atoms with van der Waals surface area (Å²) in [4.78, 5) is 23.8. The number of carbonyl (C=O) groups excluding carboxylic acids is 2. The van der Waals surface area contributed by atoms with E-state index >= 15 is 0 Å². The average Bonchev–Trinajstić information content (AvgIpc) is 2.61. The molecule has 2 aromatic carbocycles. The third-order valence-electron chi connectivity index (χ3n) is 3.82. The van der Waals surface area contributed by atoms with E-state index in [1.165, 1.54) is 0 Å². The number of nitrogens with one attached hydrogen (secondary N) is 1. The lowest BCUT2D eigenvalue weighted by Gasteiger charge is -2.19. The predicted molar refractivity (Wildman–Crippen MR) is 95.4 cm³/mol. The molecule has 2 rings (SSSR count). The van der Waals surface area contributed by atoms with E-state index < -0.39 is 35.7 Å². The molecule has 0 saturated heterocycles. The van der Waals surface area contributed by atoms with Gasteiger partial charge in [0.15, 0.2) is 6.10 Å². The van der Waals surface area contributed by atoms with E-state index in [2.05, 4.69) is 21.2 Å². The van der Waals surface area contributed by atoms with Crippen LogP contribution in [0.4, 0.5) is 13.2 Å². The fraction of sp³-hybridized carbons (Fsp3) is 0.222. The molecule has 0 heterocycles. The third kappa shape index (κ3) is 5.80. The third-order valence-corrected chi connectivity index (χ3v) is 4.34. The highest BCUT2D eigenvalue weighted by molar-refractivity contribution is 9.10. The lowest BCUT2D eigenvalue weighted by molar-refractivity contribution is -0.137. The number of primary amides is 1. The SMILES string of the molecule is NC(=O)[C@H](Cc1ccc(Br)cc1)NC(=O)[C@@H](O)c1ccc(C(F)(F)F)cc1. The molecule has 4 N–H and O–H groups in total. The van der Waals surface area contributed by atoms with E-state index in [1.54, 1.807) is 24.3 Å².